The van der Waals surface area contributed by atoms with E-state index in [1.54, 1.807) is 12.5 Å². The van der Waals surface area contributed by atoms with Gasteiger partial charge in [0.1, 0.15) is 12.7 Å². The van der Waals surface area contributed by atoms with Crippen molar-refractivity contribution in [3.05, 3.63) is 35.8 Å². The molecule has 1 aromatic rings. The fraction of sp³-hybridized carbons (Fsp3) is 0.600. The fourth-order valence-corrected chi connectivity index (χ4v) is 6.07. The van der Waals surface area contributed by atoms with E-state index in [0.717, 1.165) is 12.0 Å². The van der Waals surface area contributed by atoms with Crippen LogP contribution in [-0.2, 0) is 19.1 Å². The Morgan fingerprint density at radius 3 is 2.88 bits per heavy atom. The Balaban J connectivity index is 1.62. The second kappa shape index (κ2) is 5.22. The van der Waals surface area contributed by atoms with E-state index in [1.165, 1.54) is 0 Å². The predicted molar refractivity (Wildman–Crippen MR) is 88.6 cm³/mol. The van der Waals surface area contributed by atoms with Gasteiger partial charge in [0.05, 0.1) is 29.5 Å². The van der Waals surface area contributed by atoms with Crippen LogP contribution in [0.15, 0.2) is 34.7 Å². The largest absolute Gasteiger partial charge is 0.472 e. The van der Waals surface area contributed by atoms with Crippen molar-refractivity contribution in [1.29, 1.82) is 0 Å². The SMILES string of the molecule is C[C@@H]1C[C@@H](O)[C@@]23COC(=O)C2=CCC[C@@H]3[C@@]12C[C@@H](c1ccoc1)OC2=O. The molecule has 2 spiro atoms. The second-order valence-electron chi connectivity index (χ2n) is 8.21. The van der Waals surface area contributed by atoms with Gasteiger partial charge in [-0.15, -0.1) is 0 Å². The standard InChI is InChI=1S/C20H22O6/c1-11-7-16(21)20-10-25-17(22)13(20)3-2-4-15(20)19(11)8-14(26-18(19)23)12-5-6-24-9-12/h3,5-6,9,11,14-16,21H,2,4,7-8,10H2,1H3/t11-,14+,15-,16-,19-,20+/m1/s1. The molecule has 2 aliphatic heterocycles. The van der Waals surface area contributed by atoms with Gasteiger partial charge in [0.25, 0.3) is 0 Å². The number of carbonyl (C=O) groups excluding carboxylic acids is 2. The van der Waals surface area contributed by atoms with Crippen molar-refractivity contribution in [1.82, 2.24) is 0 Å². The van der Waals surface area contributed by atoms with Crippen LogP contribution in [0.4, 0.5) is 0 Å². The molecule has 0 radical (unpaired) electrons. The summed E-state index contributed by atoms with van der Waals surface area (Å²) in [6, 6.07) is 1.82. The summed E-state index contributed by atoms with van der Waals surface area (Å²) in [7, 11) is 0. The van der Waals surface area contributed by atoms with Gasteiger partial charge in [-0.05, 0) is 37.2 Å². The van der Waals surface area contributed by atoms with Crippen molar-refractivity contribution in [3.63, 3.8) is 0 Å². The number of allylic oxidation sites excluding steroid dienone is 1. The average Bonchev–Trinajstić information content (AvgIpc) is 3.33. The van der Waals surface area contributed by atoms with Crippen LogP contribution in [0.1, 0.15) is 44.3 Å². The number of aliphatic hydroxyl groups is 1. The summed E-state index contributed by atoms with van der Waals surface area (Å²) >= 11 is 0. The molecule has 3 heterocycles. The summed E-state index contributed by atoms with van der Waals surface area (Å²) in [5.41, 5.74) is -0.0825. The van der Waals surface area contributed by atoms with Crippen LogP contribution >= 0.6 is 0 Å². The molecule has 6 atom stereocenters. The maximum absolute atomic E-state index is 13.2. The lowest BCUT2D eigenvalue weighted by Crippen LogP contribution is -2.60. The van der Waals surface area contributed by atoms with E-state index in [4.69, 9.17) is 13.9 Å². The summed E-state index contributed by atoms with van der Waals surface area (Å²) < 4.78 is 16.3. The van der Waals surface area contributed by atoms with E-state index < -0.39 is 16.9 Å². The Hall–Kier alpha value is -2.08. The monoisotopic (exact) mass is 358 g/mol. The molecule has 0 amide bonds. The number of furan rings is 1. The highest BCUT2D eigenvalue weighted by Gasteiger charge is 2.71. The highest BCUT2D eigenvalue weighted by atomic mass is 16.6. The average molecular weight is 358 g/mol. The van der Waals surface area contributed by atoms with Crippen LogP contribution in [0.3, 0.4) is 0 Å². The zero-order chi connectivity index (χ0) is 18.1. The predicted octanol–water partition coefficient (Wildman–Crippen LogP) is 2.53. The van der Waals surface area contributed by atoms with Gasteiger partial charge < -0.3 is 19.0 Å². The van der Waals surface area contributed by atoms with Gasteiger partial charge in [0.2, 0.25) is 0 Å². The summed E-state index contributed by atoms with van der Waals surface area (Å²) in [5.74, 6) is -0.763. The smallest absolute Gasteiger partial charge is 0.334 e. The second-order valence-corrected chi connectivity index (χ2v) is 8.21. The van der Waals surface area contributed by atoms with Crippen molar-refractivity contribution in [2.24, 2.45) is 22.7 Å². The van der Waals surface area contributed by atoms with Crippen molar-refractivity contribution in [2.75, 3.05) is 6.61 Å². The van der Waals surface area contributed by atoms with Crippen molar-refractivity contribution in [2.45, 2.75) is 44.8 Å². The highest BCUT2D eigenvalue weighted by Crippen LogP contribution is 2.67. The van der Waals surface area contributed by atoms with Crippen LogP contribution in [0.2, 0.25) is 0 Å². The zero-order valence-corrected chi connectivity index (χ0v) is 14.6. The maximum Gasteiger partial charge on any atom is 0.334 e. The van der Waals surface area contributed by atoms with Gasteiger partial charge in [0, 0.05) is 17.6 Å². The van der Waals surface area contributed by atoms with E-state index in [2.05, 4.69) is 0 Å². The minimum atomic E-state index is -0.786. The molecule has 5 rings (SSSR count). The molecule has 6 nitrogen and oxygen atoms in total. The van der Waals surface area contributed by atoms with Gasteiger partial charge in [-0.2, -0.15) is 0 Å². The number of fused-ring (bicyclic) bond motifs is 1. The third-order valence-electron chi connectivity index (χ3n) is 7.33. The van der Waals surface area contributed by atoms with Crippen LogP contribution in [0.25, 0.3) is 0 Å². The topological polar surface area (TPSA) is 86.0 Å². The van der Waals surface area contributed by atoms with Crippen LogP contribution in [0.5, 0.6) is 0 Å². The normalized spacial score (nSPS) is 44.3. The van der Waals surface area contributed by atoms with Crippen molar-refractivity contribution < 1.29 is 28.6 Å². The molecule has 138 valence electrons. The molecule has 0 unspecified atom stereocenters. The first-order valence-electron chi connectivity index (χ1n) is 9.29. The van der Waals surface area contributed by atoms with Crippen LogP contribution in [-0.4, -0.2) is 29.8 Å². The Labute approximate surface area is 151 Å². The number of esters is 2. The lowest BCUT2D eigenvalue weighted by molar-refractivity contribution is -0.174. The van der Waals surface area contributed by atoms with Crippen LogP contribution in [0, 0.1) is 22.7 Å². The van der Waals surface area contributed by atoms with Gasteiger partial charge >= 0.3 is 11.9 Å². The molecule has 2 aliphatic carbocycles. The molecule has 26 heavy (non-hydrogen) atoms. The molecular weight excluding hydrogens is 336 g/mol. The van der Waals surface area contributed by atoms with Crippen LogP contribution < -0.4 is 0 Å². The molecule has 1 aromatic heterocycles. The molecule has 1 saturated carbocycles. The third-order valence-corrected chi connectivity index (χ3v) is 7.33. The molecule has 0 bridgehead atoms. The number of carbonyl (C=O) groups is 2. The van der Waals surface area contributed by atoms with E-state index >= 15 is 0 Å². The quantitative estimate of drug-likeness (QED) is 0.777. The van der Waals surface area contributed by atoms with Crippen molar-refractivity contribution >= 4 is 11.9 Å². The maximum atomic E-state index is 13.2. The Morgan fingerprint density at radius 1 is 1.27 bits per heavy atom. The number of hydrogen-bond acceptors (Lipinski definition) is 6. The minimum absolute atomic E-state index is 0.0346. The molecule has 2 saturated heterocycles. The summed E-state index contributed by atoms with van der Waals surface area (Å²) in [6.07, 6.45) is 6.52. The molecular formula is C20H22O6. The first kappa shape index (κ1) is 16.1. The molecule has 3 fully saturated rings. The van der Waals surface area contributed by atoms with E-state index in [-0.39, 0.29) is 36.5 Å². The number of rotatable bonds is 1. The Bertz CT molecular complexity index is 795. The zero-order valence-electron chi connectivity index (χ0n) is 14.6. The minimum Gasteiger partial charge on any atom is -0.472 e. The summed E-state index contributed by atoms with van der Waals surface area (Å²) in [6.45, 7) is 2.17. The highest BCUT2D eigenvalue weighted by molar-refractivity contribution is 5.93. The lowest BCUT2D eigenvalue weighted by Gasteiger charge is -2.56. The number of aliphatic hydroxyl groups excluding tert-OH is 1. The first-order chi connectivity index (χ1) is 12.5. The molecule has 0 aromatic carbocycles. The lowest BCUT2D eigenvalue weighted by atomic mass is 9.45. The fourth-order valence-electron chi connectivity index (χ4n) is 6.07. The molecule has 4 aliphatic rings. The van der Waals surface area contributed by atoms with E-state index in [9.17, 15) is 14.7 Å². The van der Waals surface area contributed by atoms with Gasteiger partial charge in [0.15, 0.2) is 0 Å². The molecule has 6 heteroatoms. The van der Waals surface area contributed by atoms with E-state index in [1.807, 2.05) is 19.1 Å². The van der Waals surface area contributed by atoms with Crippen molar-refractivity contribution in [3.8, 4) is 0 Å². The third kappa shape index (κ3) is 1.76. The number of cyclic esters (lactones) is 2. The van der Waals surface area contributed by atoms with E-state index in [0.29, 0.717) is 24.8 Å². The Kier molecular flexibility index (Phi) is 3.24. The van der Waals surface area contributed by atoms with Gasteiger partial charge in [-0.25, -0.2) is 4.79 Å². The molecule has 1 N–H and O–H groups in total. The summed E-state index contributed by atoms with van der Waals surface area (Å²) in [4.78, 5) is 25.5. The first-order valence-corrected chi connectivity index (χ1v) is 9.29. The van der Waals surface area contributed by atoms with Gasteiger partial charge in [-0.3, -0.25) is 4.79 Å². The Morgan fingerprint density at radius 2 is 2.12 bits per heavy atom. The number of ether oxygens (including phenoxy) is 2. The summed E-state index contributed by atoms with van der Waals surface area (Å²) in [5, 5.41) is 11.0. The van der Waals surface area contributed by atoms with Gasteiger partial charge in [-0.1, -0.05) is 13.0 Å². The number of hydrogen-bond donors (Lipinski definition) is 1.